The topological polar surface area (TPSA) is 63.1 Å². The maximum Gasteiger partial charge on any atom is 0.417 e. The Bertz CT molecular complexity index is 1440. The molecular formula is C33H42F3N3O2S2. The second-order valence-corrected chi connectivity index (χ2v) is 14.8. The van der Waals surface area contributed by atoms with E-state index in [2.05, 4.69) is 17.0 Å². The van der Waals surface area contributed by atoms with Crippen LogP contribution in [0.1, 0.15) is 87.0 Å². The molecule has 0 saturated heterocycles. The molecule has 234 valence electrons. The number of thioether (sulfide) groups is 1. The summed E-state index contributed by atoms with van der Waals surface area (Å²) in [5, 5.41) is 3.00. The van der Waals surface area contributed by atoms with E-state index in [1.54, 1.807) is 44.7 Å². The molecule has 2 N–H and O–H groups in total. The molecule has 1 aliphatic carbocycles. The Morgan fingerprint density at radius 2 is 1.70 bits per heavy atom. The number of nitrogens with one attached hydrogen (secondary N) is 2. The molecule has 3 aromatic rings. The summed E-state index contributed by atoms with van der Waals surface area (Å²) in [5.74, 6) is 1.10. The number of amides is 1. The normalized spacial score (nSPS) is 15.4. The summed E-state index contributed by atoms with van der Waals surface area (Å²) in [7, 11) is -2.06. The monoisotopic (exact) mass is 633 g/mol. The van der Waals surface area contributed by atoms with Gasteiger partial charge in [-0.15, -0.1) is 11.8 Å². The number of hydrogen-bond acceptors (Lipinski definition) is 3. The Hall–Kier alpha value is -2.56. The largest absolute Gasteiger partial charge is 0.417 e. The van der Waals surface area contributed by atoms with Crippen molar-refractivity contribution in [2.24, 2.45) is 5.92 Å². The van der Waals surface area contributed by atoms with Gasteiger partial charge in [0, 0.05) is 34.9 Å². The third-order valence-corrected chi connectivity index (χ3v) is 10.1. The number of benzene rings is 2. The van der Waals surface area contributed by atoms with Crippen molar-refractivity contribution in [2.75, 3.05) is 5.75 Å². The van der Waals surface area contributed by atoms with Crippen molar-refractivity contribution in [2.45, 2.75) is 101 Å². The minimum absolute atomic E-state index is 0.267. The first-order valence-electron chi connectivity index (χ1n) is 14.9. The van der Waals surface area contributed by atoms with E-state index in [-0.39, 0.29) is 10.8 Å². The van der Waals surface area contributed by atoms with Crippen LogP contribution < -0.4 is 10.0 Å². The molecule has 0 aliphatic heterocycles. The van der Waals surface area contributed by atoms with Crippen LogP contribution in [0.3, 0.4) is 0 Å². The number of carbonyl (C=O) groups excluding carboxylic acids is 1. The average molecular weight is 634 g/mol. The summed E-state index contributed by atoms with van der Waals surface area (Å²) in [4.78, 5) is 14.3. The zero-order valence-electron chi connectivity index (χ0n) is 25.6. The highest BCUT2D eigenvalue weighted by atomic mass is 32.2. The molecule has 0 spiro atoms. The zero-order chi connectivity index (χ0) is 31.4. The standard InChI is InChI=1S/C33H42F3N3O2S2/c1-6-42-26-15-12-23(13-16-26)20-37-31(40)27-19-29(39(22(27)2)21-24-10-8-7-9-11-24)25-14-17-30(28(18-25)33(34,35)36)43(41)38-32(3,4)5/h12-19,24,38H,6-11,20-21H2,1-5H3,(H,37,40). The first-order chi connectivity index (χ1) is 20.3. The van der Waals surface area contributed by atoms with Gasteiger partial charge in [0.1, 0.15) is 11.0 Å². The van der Waals surface area contributed by atoms with Crippen LogP contribution in [-0.4, -0.2) is 26.0 Å². The smallest absolute Gasteiger partial charge is 0.348 e. The molecule has 1 aromatic heterocycles. The van der Waals surface area contributed by atoms with Gasteiger partial charge < -0.3 is 9.88 Å². The fraction of sp³-hybridized carbons (Fsp3) is 0.485. The lowest BCUT2D eigenvalue weighted by Crippen LogP contribution is -2.37. The number of carbonyl (C=O) groups is 1. The first-order valence-corrected chi connectivity index (χ1v) is 17.0. The molecule has 0 radical (unpaired) electrons. The molecule has 43 heavy (non-hydrogen) atoms. The fourth-order valence-corrected chi connectivity index (χ4v) is 7.42. The minimum Gasteiger partial charge on any atom is -0.348 e. The van der Waals surface area contributed by atoms with Gasteiger partial charge in [-0.3, -0.25) is 4.79 Å². The molecule has 1 aliphatic rings. The molecule has 1 saturated carbocycles. The van der Waals surface area contributed by atoms with Gasteiger partial charge in [-0.25, -0.2) is 8.93 Å². The molecule has 5 nitrogen and oxygen atoms in total. The molecule has 4 rings (SSSR count). The van der Waals surface area contributed by atoms with E-state index in [1.165, 1.54) is 17.4 Å². The molecule has 1 heterocycles. The molecular weight excluding hydrogens is 592 g/mol. The first kappa shape index (κ1) is 33.3. The van der Waals surface area contributed by atoms with Crippen LogP contribution in [-0.2, 0) is 30.3 Å². The lowest BCUT2D eigenvalue weighted by Gasteiger charge is -2.25. The van der Waals surface area contributed by atoms with Crippen molar-refractivity contribution >= 4 is 28.7 Å². The Labute approximate surface area is 260 Å². The summed E-state index contributed by atoms with van der Waals surface area (Å²) in [5.41, 5.74) is 1.45. The third kappa shape index (κ3) is 8.76. The van der Waals surface area contributed by atoms with Crippen molar-refractivity contribution in [1.82, 2.24) is 14.6 Å². The summed E-state index contributed by atoms with van der Waals surface area (Å²) in [6.45, 7) is 10.2. The average Bonchev–Trinajstić information content (AvgIpc) is 3.27. The van der Waals surface area contributed by atoms with Gasteiger partial charge >= 0.3 is 6.18 Å². The molecule has 1 unspecified atom stereocenters. The fourth-order valence-electron chi connectivity index (χ4n) is 5.53. The van der Waals surface area contributed by atoms with Crippen LogP contribution in [0.15, 0.2) is 58.3 Å². The maximum absolute atomic E-state index is 14.3. The number of rotatable bonds is 10. The molecule has 10 heteroatoms. The second-order valence-electron chi connectivity index (χ2n) is 12.2. The summed E-state index contributed by atoms with van der Waals surface area (Å²) in [6.07, 6.45) is 0.841. The molecule has 0 bridgehead atoms. The Morgan fingerprint density at radius 1 is 1.02 bits per heavy atom. The lowest BCUT2D eigenvalue weighted by molar-refractivity contribution is -0.139. The van der Waals surface area contributed by atoms with Gasteiger partial charge in [0.25, 0.3) is 5.91 Å². The summed E-state index contributed by atoms with van der Waals surface area (Å²) >= 11 is 1.75. The summed E-state index contributed by atoms with van der Waals surface area (Å²) < 4.78 is 60.6. The van der Waals surface area contributed by atoms with Crippen LogP contribution in [0.5, 0.6) is 0 Å². The Balaban J connectivity index is 1.69. The van der Waals surface area contributed by atoms with Gasteiger partial charge in [-0.05, 0) is 93.7 Å². The van der Waals surface area contributed by atoms with E-state index in [9.17, 15) is 22.2 Å². The van der Waals surface area contributed by atoms with Gasteiger partial charge in [0.15, 0.2) is 0 Å². The number of halogens is 3. The van der Waals surface area contributed by atoms with Crippen molar-refractivity contribution in [1.29, 1.82) is 0 Å². The zero-order valence-corrected chi connectivity index (χ0v) is 27.2. The van der Waals surface area contributed by atoms with Crippen LogP contribution in [0.25, 0.3) is 11.3 Å². The highest BCUT2D eigenvalue weighted by Gasteiger charge is 2.36. The Kier molecular flexibility index (Phi) is 10.9. The van der Waals surface area contributed by atoms with Crippen molar-refractivity contribution < 1.29 is 22.2 Å². The van der Waals surface area contributed by atoms with E-state index < -0.39 is 28.3 Å². The highest BCUT2D eigenvalue weighted by molar-refractivity contribution is 7.99. The van der Waals surface area contributed by atoms with E-state index in [1.807, 2.05) is 35.8 Å². The van der Waals surface area contributed by atoms with Gasteiger partial charge in [-0.1, -0.05) is 44.4 Å². The van der Waals surface area contributed by atoms with Crippen molar-refractivity contribution in [3.8, 4) is 11.3 Å². The van der Waals surface area contributed by atoms with Gasteiger partial charge in [0.2, 0.25) is 0 Å². The van der Waals surface area contributed by atoms with Crippen LogP contribution >= 0.6 is 11.8 Å². The van der Waals surface area contributed by atoms with E-state index in [0.717, 1.165) is 48.8 Å². The molecule has 1 atom stereocenters. The Morgan fingerprint density at radius 3 is 2.30 bits per heavy atom. The van der Waals surface area contributed by atoms with Crippen molar-refractivity contribution in [3.63, 3.8) is 0 Å². The van der Waals surface area contributed by atoms with E-state index in [0.29, 0.717) is 35.8 Å². The molecule has 2 aromatic carbocycles. The SMILES string of the molecule is CCSc1ccc(CNC(=O)c2cc(-c3ccc(S(=O)NC(C)(C)C)c(C(F)(F)F)c3)n(CC3CCCCC3)c2C)cc1. The predicted octanol–water partition coefficient (Wildman–Crippen LogP) is 8.52. The van der Waals surface area contributed by atoms with E-state index in [4.69, 9.17) is 0 Å². The lowest BCUT2D eigenvalue weighted by atomic mass is 9.89. The highest BCUT2D eigenvalue weighted by Crippen LogP contribution is 2.38. The molecule has 1 fully saturated rings. The van der Waals surface area contributed by atoms with Gasteiger partial charge in [0.05, 0.1) is 16.0 Å². The number of hydrogen-bond donors (Lipinski definition) is 2. The third-order valence-electron chi connectivity index (χ3n) is 7.64. The second kappa shape index (κ2) is 14.0. The number of alkyl halides is 3. The number of aromatic nitrogens is 1. The minimum atomic E-state index is -4.71. The predicted molar refractivity (Wildman–Crippen MR) is 169 cm³/mol. The quantitative estimate of drug-likeness (QED) is 0.220. The van der Waals surface area contributed by atoms with Crippen LogP contribution in [0.2, 0.25) is 0 Å². The van der Waals surface area contributed by atoms with E-state index >= 15 is 0 Å². The van der Waals surface area contributed by atoms with Crippen LogP contribution in [0, 0.1) is 12.8 Å². The number of nitrogens with zero attached hydrogens (tertiary/aromatic N) is 1. The maximum atomic E-state index is 14.3. The van der Waals surface area contributed by atoms with Gasteiger partial charge in [-0.2, -0.15) is 13.2 Å². The van der Waals surface area contributed by atoms with Crippen molar-refractivity contribution in [3.05, 3.63) is 70.9 Å². The van der Waals surface area contributed by atoms with Crippen LogP contribution in [0.4, 0.5) is 13.2 Å². The summed E-state index contributed by atoms with van der Waals surface area (Å²) in [6, 6.07) is 13.7. The molecule has 1 amide bonds.